The summed E-state index contributed by atoms with van der Waals surface area (Å²) in [5.74, 6) is -0.376. The van der Waals surface area contributed by atoms with Crippen molar-refractivity contribution in [3.63, 3.8) is 0 Å². The average molecular weight is 456 g/mol. The number of carboxylic acids is 1. The molecule has 0 unspecified atom stereocenters. The minimum atomic E-state index is -2.91. The topological polar surface area (TPSA) is 93.7 Å². The fourth-order valence-corrected chi connectivity index (χ4v) is 6.37. The number of sulfone groups is 1. The first-order chi connectivity index (χ1) is 12.8. The Bertz CT molecular complexity index is 966. The van der Waals surface area contributed by atoms with Gasteiger partial charge in [-0.15, -0.1) is 0 Å². The summed E-state index contributed by atoms with van der Waals surface area (Å²) < 4.78 is 24.4. The molecule has 0 amide bonds. The van der Waals surface area contributed by atoms with Crippen molar-refractivity contribution in [2.24, 2.45) is 0 Å². The van der Waals surface area contributed by atoms with Gasteiger partial charge in [0.15, 0.2) is 9.84 Å². The fraction of sp³-hybridized carbons (Fsp3) is 0.500. The van der Waals surface area contributed by atoms with Gasteiger partial charge in [-0.2, -0.15) is 0 Å². The van der Waals surface area contributed by atoms with Crippen LogP contribution in [0.2, 0.25) is 0 Å². The van der Waals surface area contributed by atoms with Crippen molar-refractivity contribution in [1.82, 2.24) is 14.8 Å². The van der Waals surface area contributed by atoms with Gasteiger partial charge in [-0.05, 0) is 24.6 Å². The van der Waals surface area contributed by atoms with E-state index in [-0.39, 0.29) is 17.5 Å². The summed E-state index contributed by atoms with van der Waals surface area (Å²) in [4.78, 5) is 19.4. The zero-order valence-electron chi connectivity index (χ0n) is 14.8. The van der Waals surface area contributed by atoms with Crippen molar-refractivity contribution >= 4 is 42.6 Å². The van der Waals surface area contributed by atoms with Crippen molar-refractivity contribution < 1.29 is 18.3 Å². The van der Waals surface area contributed by atoms with E-state index < -0.39 is 21.8 Å². The number of piperazine rings is 1. The molecule has 2 N–H and O–H groups in total. The molecule has 3 heterocycles. The van der Waals surface area contributed by atoms with E-state index in [1.54, 1.807) is 6.20 Å². The van der Waals surface area contributed by atoms with Crippen molar-refractivity contribution in [2.45, 2.75) is 18.5 Å². The van der Waals surface area contributed by atoms with Crippen LogP contribution in [0.3, 0.4) is 0 Å². The predicted molar refractivity (Wildman–Crippen MR) is 107 cm³/mol. The monoisotopic (exact) mass is 455 g/mol. The first-order valence-corrected chi connectivity index (χ1v) is 11.6. The van der Waals surface area contributed by atoms with Gasteiger partial charge in [0.2, 0.25) is 0 Å². The maximum absolute atomic E-state index is 12.1. The quantitative estimate of drug-likeness (QED) is 0.730. The lowest BCUT2D eigenvalue weighted by Gasteiger charge is -2.40. The predicted octanol–water partition coefficient (Wildman–Crippen LogP) is 1.86. The number of nitrogens with one attached hydrogen (secondary N) is 1. The SMILES string of the molecule is O=C(O)[C@H](c1c[nH]c2ccc(Br)cc12)N1CCN([C@@H]2CCS(=O)(=O)C2)CC1. The molecule has 7 nitrogen and oxygen atoms in total. The second-order valence-electron chi connectivity index (χ2n) is 7.30. The van der Waals surface area contributed by atoms with Crippen LogP contribution in [-0.2, 0) is 14.6 Å². The molecular weight excluding hydrogens is 434 g/mol. The van der Waals surface area contributed by atoms with E-state index in [0.717, 1.165) is 20.9 Å². The molecule has 0 saturated carbocycles. The zero-order chi connectivity index (χ0) is 19.2. The molecular formula is C18H22BrN3O4S. The first-order valence-electron chi connectivity index (χ1n) is 9.02. The van der Waals surface area contributed by atoms with Crippen LogP contribution in [0.15, 0.2) is 28.9 Å². The second kappa shape index (κ2) is 7.20. The summed E-state index contributed by atoms with van der Waals surface area (Å²) in [6.45, 7) is 2.59. The summed E-state index contributed by atoms with van der Waals surface area (Å²) in [6.07, 6.45) is 2.47. The number of carboxylic acid groups (broad SMARTS) is 1. The Balaban J connectivity index is 1.52. The number of halogens is 1. The third-order valence-corrected chi connectivity index (χ3v) is 7.89. The van der Waals surface area contributed by atoms with Crippen LogP contribution in [0.25, 0.3) is 10.9 Å². The van der Waals surface area contributed by atoms with E-state index in [4.69, 9.17) is 0 Å². The smallest absolute Gasteiger partial charge is 0.325 e. The average Bonchev–Trinajstić information content (AvgIpc) is 3.19. The molecule has 2 saturated heterocycles. The molecule has 0 radical (unpaired) electrons. The highest BCUT2D eigenvalue weighted by Gasteiger charge is 2.37. The molecule has 2 aromatic rings. The molecule has 2 aliphatic rings. The number of benzene rings is 1. The third-order valence-electron chi connectivity index (χ3n) is 5.64. The summed E-state index contributed by atoms with van der Waals surface area (Å²) in [5.41, 5.74) is 1.67. The van der Waals surface area contributed by atoms with Gasteiger partial charge in [0.25, 0.3) is 0 Å². The highest BCUT2D eigenvalue weighted by Crippen LogP contribution is 2.32. The van der Waals surface area contributed by atoms with Crippen molar-refractivity contribution in [1.29, 1.82) is 0 Å². The summed E-state index contributed by atoms with van der Waals surface area (Å²) >= 11 is 3.46. The van der Waals surface area contributed by atoms with E-state index in [0.29, 0.717) is 32.6 Å². The van der Waals surface area contributed by atoms with E-state index in [1.165, 1.54) is 0 Å². The lowest BCUT2D eigenvalue weighted by molar-refractivity contribution is -0.144. The molecule has 0 spiro atoms. The lowest BCUT2D eigenvalue weighted by Crippen LogP contribution is -2.52. The highest BCUT2D eigenvalue weighted by atomic mass is 79.9. The second-order valence-corrected chi connectivity index (χ2v) is 10.4. The maximum Gasteiger partial charge on any atom is 0.325 e. The van der Waals surface area contributed by atoms with Gasteiger partial charge in [-0.25, -0.2) is 8.42 Å². The van der Waals surface area contributed by atoms with Crippen LogP contribution < -0.4 is 0 Å². The molecule has 9 heteroatoms. The number of nitrogens with zero attached hydrogens (tertiary/aromatic N) is 2. The zero-order valence-corrected chi connectivity index (χ0v) is 17.2. The van der Waals surface area contributed by atoms with Crippen LogP contribution in [0.1, 0.15) is 18.0 Å². The molecule has 1 aromatic carbocycles. The Kier molecular flexibility index (Phi) is 5.04. The van der Waals surface area contributed by atoms with E-state index in [9.17, 15) is 18.3 Å². The Morgan fingerprint density at radius 3 is 2.63 bits per heavy atom. The maximum atomic E-state index is 12.1. The van der Waals surface area contributed by atoms with E-state index in [2.05, 4.69) is 25.8 Å². The number of hydrogen-bond donors (Lipinski definition) is 2. The first kappa shape index (κ1) is 18.9. The van der Waals surface area contributed by atoms with Crippen LogP contribution in [0, 0.1) is 0 Å². The Hall–Kier alpha value is -1.42. The molecule has 0 aliphatic carbocycles. The Morgan fingerprint density at radius 1 is 1.26 bits per heavy atom. The van der Waals surface area contributed by atoms with Gasteiger partial charge in [0, 0.05) is 59.4 Å². The fourth-order valence-electron chi connectivity index (χ4n) is 4.25. The standard InChI is InChI=1S/C18H22BrN3O4S/c19-12-1-2-16-14(9-12)15(10-20-16)17(18(23)24)22-6-4-21(5-7-22)13-3-8-27(25,26)11-13/h1-2,9-10,13,17,20H,3-8,11H2,(H,23,24)/t13-,17+/m1/s1. The van der Waals surface area contributed by atoms with Crippen molar-refractivity contribution in [3.05, 3.63) is 34.4 Å². The van der Waals surface area contributed by atoms with E-state index >= 15 is 0 Å². The number of carbonyl (C=O) groups is 1. The van der Waals surface area contributed by atoms with E-state index in [1.807, 2.05) is 23.1 Å². The number of rotatable bonds is 4. The summed E-state index contributed by atoms with van der Waals surface area (Å²) in [7, 11) is -2.91. The van der Waals surface area contributed by atoms with Crippen LogP contribution in [0.5, 0.6) is 0 Å². The number of hydrogen-bond acceptors (Lipinski definition) is 5. The third kappa shape index (κ3) is 3.78. The molecule has 4 rings (SSSR count). The van der Waals surface area contributed by atoms with Crippen LogP contribution in [-0.4, -0.2) is 78.0 Å². The molecule has 2 atom stereocenters. The van der Waals surface area contributed by atoms with Crippen LogP contribution in [0.4, 0.5) is 0 Å². The molecule has 2 fully saturated rings. The van der Waals surface area contributed by atoms with Gasteiger partial charge in [0.1, 0.15) is 6.04 Å². The van der Waals surface area contributed by atoms with Crippen molar-refractivity contribution in [3.8, 4) is 0 Å². The lowest BCUT2D eigenvalue weighted by atomic mass is 10.0. The number of fused-ring (bicyclic) bond motifs is 1. The minimum absolute atomic E-state index is 0.0736. The van der Waals surface area contributed by atoms with Crippen LogP contribution >= 0.6 is 15.9 Å². The van der Waals surface area contributed by atoms with Gasteiger partial charge < -0.3 is 10.1 Å². The van der Waals surface area contributed by atoms with Gasteiger partial charge in [-0.3, -0.25) is 14.6 Å². The number of aliphatic carboxylic acids is 1. The van der Waals surface area contributed by atoms with Gasteiger partial charge in [-0.1, -0.05) is 15.9 Å². The number of aromatic amines is 1. The minimum Gasteiger partial charge on any atom is -0.480 e. The molecule has 2 aliphatic heterocycles. The molecule has 1 aromatic heterocycles. The number of H-pyrrole nitrogens is 1. The normalized spacial score (nSPS) is 25.0. The van der Waals surface area contributed by atoms with Gasteiger partial charge >= 0.3 is 5.97 Å². The summed E-state index contributed by atoms with van der Waals surface area (Å²) in [5, 5.41) is 10.8. The highest BCUT2D eigenvalue weighted by molar-refractivity contribution is 9.10. The summed E-state index contributed by atoms with van der Waals surface area (Å²) in [6, 6.07) is 5.15. The largest absolute Gasteiger partial charge is 0.480 e. The molecule has 27 heavy (non-hydrogen) atoms. The Labute approximate surface area is 166 Å². The molecule has 146 valence electrons. The van der Waals surface area contributed by atoms with Gasteiger partial charge in [0.05, 0.1) is 11.5 Å². The Morgan fingerprint density at radius 2 is 2.00 bits per heavy atom. The van der Waals surface area contributed by atoms with Crippen molar-refractivity contribution in [2.75, 3.05) is 37.7 Å². The number of aromatic nitrogens is 1. The molecule has 0 bridgehead atoms.